The average Bonchev–Trinajstić information content (AvgIpc) is 2.68. The molecule has 0 bridgehead atoms. The number of hydrogen-bond acceptors (Lipinski definition) is 2. The quantitative estimate of drug-likeness (QED) is 0.905. The standard InChI is InChI=1S/C18H21ClN2/c1-12-4-5-13(10-20-12)11-21-17-16-8-15(19)7-6-14(16)9-18(17,2)3/h4-8,10,17,21H,9,11H2,1-3H3. The van der Waals surface area contributed by atoms with Crippen LogP contribution in [0.1, 0.15) is 42.3 Å². The predicted molar refractivity (Wildman–Crippen MR) is 87.5 cm³/mol. The SMILES string of the molecule is Cc1ccc(CNC2c3cc(Cl)ccc3CC2(C)C)cn1. The smallest absolute Gasteiger partial charge is 0.0409 e. The Hall–Kier alpha value is -1.38. The van der Waals surface area contributed by atoms with Crippen molar-refractivity contribution in [3.8, 4) is 0 Å². The van der Waals surface area contributed by atoms with E-state index in [9.17, 15) is 0 Å². The van der Waals surface area contributed by atoms with Gasteiger partial charge in [0.05, 0.1) is 0 Å². The number of rotatable bonds is 3. The maximum Gasteiger partial charge on any atom is 0.0409 e. The van der Waals surface area contributed by atoms with Gasteiger partial charge in [-0.2, -0.15) is 0 Å². The summed E-state index contributed by atoms with van der Waals surface area (Å²) in [4.78, 5) is 4.36. The number of nitrogens with one attached hydrogen (secondary N) is 1. The van der Waals surface area contributed by atoms with Crippen LogP contribution in [0.15, 0.2) is 36.5 Å². The topological polar surface area (TPSA) is 24.9 Å². The minimum absolute atomic E-state index is 0.200. The molecule has 0 fully saturated rings. The summed E-state index contributed by atoms with van der Waals surface area (Å²) < 4.78 is 0. The van der Waals surface area contributed by atoms with E-state index < -0.39 is 0 Å². The first kappa shape index (κ1) is 14.6. The van der Waals surface area contributed by atoms with Gasteiger partial charge < -0.3 is 5.32 Å². The van der Waals surface area contributed by atoms with Gasteiger partial charge in [-0.1, -0.05) is 37.6 Å². The van der Waals surface area contributed by atoms with Gasteiger partial charge in [0.25, 0.3) is 0 Å². The van der Waals surface area contributed by atoms with Gasteiger partial charge in [0, 0.05) is 29.5 Å². The Morgan fingerprint density at radius 3 is 2.81 bits per heavy atom. The highest BCUT2D eigenvalue weighted by atomic mass is 35.5. The molecule has 3 heteroatoms. The summed E-state index contributed by atoms with van der Waals surface area (Å²) in [5.41, 5.74) is 5.21. The fourth-order valence-electron chi connectivity index (χ4n) is 3.22. The van der Waals surface area contributed by atoms with E-state index in [1.165, 1.54) is 16.7 Å². The fourth-order valence-corrected chi connectivity index (χ4v) is 3.40. The molecule has 21 heavy (non-hydrogen) atoms. The molecule has 0 radical (unpaired) electrons. The summed E-state index contributed by atoms with van der Waals surface area (Å²) in [6, 6.07) is 10.8. The molecule has 1 heterocycles. The molecule has 1 aliphatic rings. The molecule has 3 rings (SSSR count). The van der Waals surface area contributed by atoms with Crippen molar-refractivity contribution in [3.05, 3.63) is 63.9 Å². The summed E-state index contributed by atoms with van der Waals surface area (Å²) in [6.45, 7) is 7.46. The van der Waals surface area contributed by atoms with E-state index in [0.717, 1.165) is 23.7 Å². The second kappa shape index (κ2) is 5.43. The Kier molecular flexibility index (Phi) is 3.76. The molecule has 0 spiro atoms. The van der Waals surface area contributed by atoms with Crippen molar-refractivity contribution in [1.29, 1.82) is 0 Å². The summed E-state index contributed by atoms with van der Waals surface area (Å²) in [7, 11) is 0. The van der Waals surface area contributed by atoms with Crippen LogP contribution in [-0.2, 0) is 13.0 Å². The molecule has 110 valence electrons. The molecule has 1 N–H and O–H groups in total. The van der Waals surface area contributed by atoms with E-state index in [1.54, 1.807) is 0 Å². The zero-order chi connectivity index (χ0) is 15.0. The van der Waals surface area contributed by atoms with Crippen molar-refractivity contribution in [2.24, 2.45) is 5.41 Å². The zero-order valence-electron chi connectivity index (χ0n) is 12.8. The highest BCUT2D eigenvalue weighted by Crippen LogP contribution is 2.45. The van der Waals surface area contributed by atoms with Crippen molar-refractivity contribution in [3.63, 3.8) is 0 Å². The van der Waals surface area contributed by atoms with E-state index in [4.69, 9.17) is 11.6 Å². The Bertz CT molecular complexity index is 647. The number of aromatic nitrogens is 1. The third kappa shape index (κ3) is 2.97. The van der Waals surface area contributed by atoms with Gasteiger partial charge in [-0.05, 0) is 53.6 Å². The number of aryl methyl sites for hydroxylation is 1. The van der Waals surface area contributed by atoms with Crippen molar-refractivity contribution in [2.75, 3.05) is 0 Å². The van der Waals surface area contributed by atoms with Crippen LogP contribution in [0.3, 0.4) is 0 Å². The molecular weight excluding hydrogens is 280 g/mol. The van der Waals surface area contributed by atoms with Crippen molar-refractivity contribution in [1.82, 2.24) is 10.3 Å². The molecular formula is C18H21ClN2. The third-order valence-electron chi connectivity index (χ3n) is 4.33. The van der Waals surface area contributed by atoms with Crippen LogP contribution >= 0.6 is 11.6 Å². The van der Waals surface area contributed by atoms with Crippen molar-refractivity contribution in [2.45, 2.75) is 39.8 Å². The molecule has 1 atom stereocenters. The number of hydrogen-bond donors (Lipinski definition) is 1. The second-order valence-corrected chi connectivity index (χ2v) is 7.07. The van der Waals surface area contributed by atoms with E-state index >= 15 is 0 Å². The van der Waals surface area contributed by atoms with Crippen LogP contribution in [0.4, 0.5) is 0 Å². The van der Waals surface area contributed by atoms with Gasteiger partial charge in [-0.3, -0.25) is 4.98 Å². The number of nitrogens with zero attached hydrogens (tertiary/aromatic N) is 1. The van der Waals surface area contributed by atoms with Gasteiger partial charge in [0.2, 0.25) is 0 Å². The van der Waals surface area contributed by atoms with E-state index in [1.807, 2.05) is 19.2 Å². The maximum absolute atomic E-state index is 6.18. The fraction of sp³-hybridized carbons (Fsp3) is 0.389. The van der Waals surface area contributed by atoms with Crippen molar-refractivity contribution < 1.29 is 0 Å². The number of pyridine rings is 1. The summed E-state index contributed by atoms with van der Waals surface area (Å²) in [6.07, 6.45) is 3.03. The Morgan fingerprint density at radius 1 is 1.29 bits per heavy atom. The van der Waals surface area contributed by atoms with Crippen LogP contribution in [0.2, 0.25) is 5.02 Å². The van der Waals surface area contributed by atoms with E-state index in [2.05, 4.69) is 48.4 Å². The lowest BCUT2D eigenvalue weighted by molar-refractivity contribution is 0.268. The minimum atomic E-state index is 0.200. The predicted octanol–water partition coefficient (Wildman–Crippen LogP) is 4.46. The van der Waals surface area contributed by atoms with Gasteiger partial charge in [0.15, 0.2) is 0 Å². The molecule has 1 aromatic heterocycles. The minimum Gasteiger partial charge on any atom is -0.305 e. The van der Waals surface area contributed by atoms with Crippen LogP contribution in [-0.4, -0.2) is 4.98 Å². The van der Waals surface area contributed by atoms with Crippen molar-refractivity contribution >= 4 is 11.6 Å². The lowest BCUT2D eigenvalue weighted by Crippen LogP contribution is -2.30. The summed E-state index contributed by atoms with van der Waals surface area (Å²) >= 11 is 6.18. The molecule has 1 aromatic carbocycles. The highest BCUT2D eigenvalue weighted by Gasteiger charge is 2.38. The first-order valence-corrected chi connectivity index (χ1v) is 7.77. The van der Waals surface area contributed by atoms with Gasteiger partial charge in [0.1, 0.15) is 0 Å². The summed E-state index contributed by atoms with van der Waals surface area (Å²) in [5, 5.41) is 4.51. The first-order chi connectivity index (χ1) is 9.95. The number of benzene rings is 1. The Labute approximate surface area is 131 Å². The third-order valence-corrected chi connectivity index (χ3v) is 4.56. The number of halogens is 1. The number of fused-ring (bicyclic) bond motifs is 1. The first-order valence-electron chi connectivity index (χ1n) is 7.39. The largest absolute Gasteiger partial charge is 0.305 e. The van der Waals surface area contributed by atoms with Crippen LogP contribution < -0.4 is 5.32 Å². The van der Waals surface area contributed by atoms with E-state index in [-0.39, 0.29) is 5.41 Å². The van der Waals surface area contributed by atoms with Gasteiger partial charge >= 0.3 is 0 Å². The van der Waals surface area contributed by atoms with Crippen LogP contribution in [0, 0.1) is 12.3 Å². The van der Waals surface area contributed by atoms with Gasteiger partial charge in [-0.25, -0.2) is 0 Å². The Morgan fingerprint density at radius 2 is 2.10 bits per heavy atom. The molecule has 0 saturated carbocycles. The normalized spacial score (nSPS) is 19.5. The lowest BCUT2D eigenvalue weighted by Gasteiger charge is -2.28. The lowest BCUT2D eigenvalue weighted by atomic mass is 9.85. The molecule has 1 unspecified atom stereocenters. The summed E-state index contributed by atoms with van der Waals surface area (Å²) in [5.74, 6) is 0. The molecule has 2 aromatic rings. The van der Waals surface area contributed by atoms with E-state index in [0.29, 0.717) is 6.04 Å². The molecule has 0 saturated heterocycles. The molecule has 0 aliphatic heterocycles. The molecule has 1 aliphatic carbocycles. The molecule has 2 nitrogen and oxygen atoms in total. The second-order valence-electron chi connectivity index (χ2n) is 6.63. The van der Waals surface area contributed by atoms with Gasteiger partial charge in [-0.15, -0.1) is 0 Å². The highest BCUT2D eigenvalue weighted by molar-refractivity contribution is 6.30. The average molecular weight is 301 g/mol. The van der Waals surface area contributed by atoms with Crippen LogP contribution in [0.25, 0.3) is 0 Å². The zero-order valence-corrected chi connectivity index (χ0v) is 13.5. The monoisotopic (exact) mass is 300 g/mol. The molecule has 0 amide bonds. The Balaban J connectivity index is 1.81. The maximum atomic E-state index is 6.18. The van der Waals surface area contributed by atoms with Crippen LogP contribution in [0.5, 0.6) is 0 Å².